The molecule has 1 aromatic carbocycles. The molecule has 0 aliphatic heterocycles. The van der Waals surface area contributed by atoms with Gasteiger partial charge in [0, 0.05) is 0 Å². The lowest BCUT2D eigenvalue weighted by Crippen LogP contribution is -1.99. The average molecular weight is 296 g/mol. The Balaban J connectivity index is -0.000000414. The molecule has 0 amide bonds. The van der Waals surface area contributed by atoms with Crippen LogP contribution >= 0.6 is 0 Å². The Morgan fingerprint density at radius 2 is 1.52 bits per heavy atom. The monoisotopic (exact) mass is 295 g/mol. The van der Waals surface area contributed by atoms with Gasteiger partial charge in [0.05, 0.1) is 7.11 Å². The molecule has 21 heavy (non-hydrogen) atoms. The maximum absolute atomic E-state index is 5.21. The smallest absolute Gasteiger partial charge is 0.119 e. The molecule has 2 heteroatoms. The molecule has 0 unspecified atom stereocenters. The highest BCUT2D eigenvalue weighted by molar-refractivity contribution is 5.60. The standard InChI is InChI=1S/C13H16O.3C2H6.H3N/c1-3-10-4-5-12-9-13(14-2)7-6-11(12)8-10;3*1-2;/h6-9H,3-5H2,1-2H3;3*1-2H3;1H3. The van der Waals surface area contributed by atoms with Crippen molar-refractivity contribution in [2.24, 2.45) is 0 Å². The minimum absolute atomic E-state index is 0. The second-order valence-corrected chi connectivity index (χ2v) is 3.72. The van der Waals surface area contributed by atoms with Crippen molar-refractivity contribution in [2.75, 3.05) is 7.11 Å². The highest BCUT2D eigenvalue weighted by Crippen LogP contribution is 2.28. The Labute approximate surface area is 133 Å². The first-order chi connectivity index (χ1) is 9.83. The lowest BCUT2D eigenvalue weighted by atomic mass is 9.91. The van der Waals surface area contributed by atoms with Gasteiger partial charge in [-0.3, -0.25) is 0 Å². The molecule has 3 N–H and O–H groups in total. The van der Waals surface area contributed by atoms with Crippen LogP contribution < -0.4 is 10.9 Å². The van der Waals surface area contributed by atoms with Crippen LogP contribution in [0.5, 0.6) is 5.75 Å². The van der Waals surface area contributed by atoms with Gasteiger partial charge in [-0.2, -0.15) is 0 Å². The van der Waals surface area contributed by atoms with Crippen LogP contribution in [0.2, 0.25) is 0 Å². The van der Waals surface area contributed by atoms with Crippen molar-refractivity contribution < 1.29 is 4.74 Å². The lowest BCUT2D eigenvalue weighted by Gasteiger charge is -2.16. The van der Waals surface area contributed by atoms with Gasteiger partial charge in [-0.15, -0.1) is 0 Å². The normalized spacial score (nSPS) is 10.6. The summed E-state index contributed by atoms with van der Waals surface area (Å²) in [6.07, 6.45) is 5.85. The maximum atomic E-state index is 5.21. The number of hydrogen-bond acceptors (Lipinski definition) is 2. The largest absolute Gasteiger partial charge is 0.497 e. The van der Waals surface area contributed by atoms with Crippen LogP contribution in [0, 0.1) is 0 Å². The summed E-state index contributed by atoms with van der Waals surface area (Å²) in [5, 5.41) is 0. The summed E-state index contributed by atoms with van der Waals surface area (Å²) in [7, 11) is 1.72. The molecule has 1 aliphatic carbocycles. The molecule has 0 heterocycles. The van der Waals surface area contributed by atoms with Crippen LogP contribution in [0.3, 0.4) is 0 Å². The van der Waals surface area contributed by atoms with Gasteiger partial charge >= 0.3 is 0 Å². The van der Waals surface area contributed by atoms with Crippen molar-refractivity contribution in [3.63, 3.8) is 0 Å². The summed E-state index contributed by atoms with van der Waals surface area (Å²) in [5.41, 5.74) is 4.35. The van der Waals surface area contributed by atoms with Crippen molar-refractivity contribution in [3.05, 3.63) is 34.9 Å². The fraction of sp³-hybridized carbons (Fsp3) is 0.579. The van der Waals surface area contributed by atoms with E-state index in [2.05, 4.69) is 25.1 Å². The molecule has 1 aromatic rings. The molecule has 0 spiro atoms. The van der Waals surface area contributed by atoms with E-state index in [1.54, 1.807) is 12.7 Å². The summed E-state index contributed by atoms with van der Waals surface area (Å²) in [6.45, 7) is 14.2. The van der Waals surface area contributed by atoms with Crippen LogP contribution in [-0.4, -0.2) is 7.11 Å². The zero-order chi connectivity index (χ0) is 16.0. The molecule has 1 aliphatic rings. The molecule has 0 aromatic heterocycles. The number of aryl methyl sites for hydroxylation is 1. The van der Waals surface area contributed by atoms with Gasteiger partial charge in [-0.05, 0) is 42.5 Å². The van der Waals surface area contributed by atoms with Crippen LogP contribution in [0.25, 0.3) is 6.08 Å². The first-order valence-electron chi connectivity index (χ1n) is 8.20. The third-order valence-electron chi connectivity index (χ3n) is 2.88. The van der Waals surface area contributed by atoms with E-state index in [4.69, 9.17) is 4.74 Å². The molecule has 124 valence electrons. The van der Waals surface area contributed by atoms with E-state index in [9.17, 15) is 0 Å². The van der Waals surface area contributed by atoms with Crippen molar-refractivity contribution in [2.45, 2.75) is 67.7 Å². The summed E-state index contributed by atoms with van der Waals surface area (Å²) >= 11 is 0. The van der Waals surface area contributed by atoms with Crippen LogP contribution in [-0.2, 0) is 6.42 Å². The van der Waals surface area contributed by atoms with Crippen molar-refractivity contribution >= 4 is 6.08 Å². The number of rotatable bonds is 2. The van der Waals surface area contributed by atoms with Gasteiger partial charge in [-0.1, -0.05) is 66.2 Å². The van der Waals surface area contributed by atoms with Gasteiger partial charge in [0.15, 0.2) is 0 Å². The Morgan fingerprint density at radius 3 is 2.00 bits per heavy atom. The lowest BCUT2D eigenvalue weighted by molar-refractivity contribution is 0.414. The second kappa shape index (κ2) is 16.8. The molecule has 0 bridgehead atoms. The summed E-state index contributed by atoms with van der Waals surface area (Å²) in [4.78, 5) is 0. The highest BCUT2D eigenvalue weighted by Gasteiger charge is 2.09. The Kier molecular flexibility index (Phi) is 19.7. The third-order valence-corrected chi connectivity index (χ3v) is 2.88. The molecule has 0 saturated heterocycles. The summed E-state index contributed by atoms with van der Waals surface area (Å²) in [6, 6.07) is 6.34. The Bertz CT molecular complexity index is 370. The number of ether oxygens (including phenoxy) is 1. The van der Waals surface area contributed by atoms with E-state index in [1.807, 2.05) is 47.6 Å². The van der Waals surface area contributed by atoms with Gasteiger partial charge in [0.2, 0.25) is 0 Å². The zero-order valence-electron chi connectivity index (χ0n) is 15.5. The first-order valence-corrected chi connectivity index (χ1v) is 8.20. The summed E-state index contributed by atoms with van der Waals surface area (Å²) in [5.74, 6) is 0.970. The van der Waals surface area contributed by atoms with E-state index < -0.39 is 0 Å². The topological polar surface area (TPSA) is 44.2 Å². The van der Waals surface area contributed by atoms with Gasteiger partial charge in [-0.25, -0.2) is 0 Å². The zero-order valence-corrected chi connectivity index (χ0v) is 15.5. The molecular weight excluding hydrogens is 258 g/mol. The molecule has 2 nitrogen and oxygen atoms in total. The van der Waals surface area contributed by atoms with Gasteiger partial charge in [0.25, 0.3) is 0 Å². The van der Waals surface area contributed by atoms with Gasteiger partial charge < -0.3 is 10.9 Å². The number of hydrogen-bond donors (Lipinski definition) is 1. The maximum Gasteiger partial charge on any atom is 0.119 e. The van der Waals surface area contributed by atoms with Crippen molar-refractivity contribution in [1.29, 1.82) is 0 Å². The number of benzene rings is 1. The fourth-order valence-corrected chi connectivity index (χ4v) is 1.93. The van der Waals surface area contributed by atoms with Crippen molar-refractivity contribution in [1.82, 2.24) is 6.15 Å². The van der Waals surface area contributed by atoms with Crippen LogP contribution in [0.1, 0.15) is 72.4 Å². The summed E-state index contributed by atoms with van der Waals surface area (Å²) < 4.78 is 5.21. The van der Waals surface area contributed by atoms with E-state index in [1.165, 1.54) is 24.0 Å². The predicted molar refractivity (Wildman–Crippen MR) is 98.6 cm³/mol. The Morgan fingerprint density at radius 1 is 0.952 bits per heavy atom. The average Bonchev–Trinajstić information content (AvgIpc) is 2.59. The number of fused-ring (bicyclic) bond motifs is 1. The first kappa shape index (κ1) is 24.7. The van der Waals surface area contributed by atoms with E-state index in [-0.39, 0.29) is 6.15 Å². The minimum atomic E-state index is 0. The molecule has 2 rings (SSSR count). The quantitative estimate of drug-likeness (QED) is 0.661. The molecular formula is C19H37NO. The van der Waals surface area contributed by atoms with Crippen LogP contribution in [0.4, 0.5) is 0 Å². The van der Waals surface area contributed by atoms with Crippen molar-refractivity contribution in [3.8, 4) is 5.75 Å². The molecule has 0 fully saturated rings. The molecule has 0 saturated carbocycles. The fourth-order valence-electron chi connectivity index (χ4n) is 1.93. The van der Waals surface area contributed by atoms with E-state index >= 15 is 0 Å². The number of methoxy groups -OCH3 is 1. The van der Waals surface area contributed by atoms with Crippen LogP contribution in [0.15, 0.2) is 23.8 Å². The second-order valence-electron chi connectivity index (χ2n) is 3.72. The SMILES string of the molecule is CC.CC.CC.CCC1=Cc2ccc(OC)cc2CC1.N. The predicted octanol–water partition coefficient (Wildman–Crippen LogP) is 6.68. The van der Waals surface area contributed by atoms with E-state index in [0.29, 0.717) is 0 Å². The highest BCUT2D eigenvalue weighted by atomic mass is 16.5. The van der Waals surface area contributed by atoms with E-state index in [0.717, 1.165) is 12.2 Å². The Hall–Kier alpha value is -1.28. The molecule has 0 radical (unpaired) electrons. The third kappa shape index (κ3) is 8.56. The minimum Gasteiger partial charge on any atom is -0.497 e. The van der Waals surface area contributed by atoms with Gasteiger partial charge in [0.1, 0.15) is 5.75 Å². The molecule has 0 atom stereocenters. The number of allylic oxidation sites excluding steroid dienone is 1.